The van der Waals surface area contributed by atoms with Gasteiger partial charge in [-0.25, -0.2) is 9.18 Å². The summed E-state index contributed by atoms with van der Waals surface area (Å²) in [6.45, 7) is -0.614. The summed E-state index contributed by atoms with van der Waals surface area (Å²) in [6.07, 6.45) is 0. The molecular formula is C12H14FNO5. The molecule has 19 heavy (non-hydrogen) atoms. The van der Waals surface area contributed by atoms with Crippen LogP contribution in [0, 0.1) is 5.82 Å². The standard InChI is InChI=1S/C12H14FNO5/c1-18-10-4-3-7(5-8(10)13)11(16)14-9(6-15)12(17)19-2/h3-5,9,15H,6H2,1-2H3,(H,14,16)/t9-/m0/s1. The van der Waals surface area contributed by atoms with Gasteiger partial charge in [0.05, 0.1) is 20.8 Å². The van der Waals surface area contributed by atoms with E-state index in [0.29, 0.717) is 0 Å². The minimum Gasteiger partial charge on any atom is -0.494 e. The van der Waals surface area contributed by atoms with Crippen LogP contribution in [-0.4, -0.2) is 43.9 Å². The SMILES string of the molecule is COC(=O)[C@H](CO)NC(=O)c1ccc(OC)c(F)c1. The van der Waals surface area contributed by atoms with E-state index in [-0.39, 0.29) is 11.3 Å². The lowest BCUT2D eigenvalue weighted by molar-refractivity contribution is -0.143. The molecule has 7 heteroatoms. The second kappa shape index (κ2) is 6.69. The largest absolute Gasteiger partial charge is 0.494 e. The van der Waals surface area contributed by atoms with E-state index in [1.165, 1.54) is 19.2 Å². The highest BCUT2D eigenvalue weighted by atomic mass is 19.1. The molecule has 104 valence electrons. The molecule has 0 aliphatic carbocycles. The highest BCUT2D eigenvalue weighted by molar-refractivity contribution is 5.96. The number of rotatable bonds is 5. The zero-order chi connectivity index (χ0) is 14.4. The van der Waals surface area contributed by atoms with Crippen LogP contribution in [0.15, 0.2) is 18.2 Å². The summed E-state index contributed by atoms with van der Waals surface area (Å²) in [5.74, 6) is -2.19. The molecule has 0 radical (unpaired) electrons. The van der Waals surface area contributed by atoms with E-state index in [4.69, 9.17) is 9.84 Å². The number of carbonyl (C=O) groups is 2. The Balaban J connectivity index is 2.83. The van der Waals surface area contributed by atoms with E-state index >= 15 is 0 Å². The van der Waals surface area contributed by atoms with E-state index in [1.807, 2.05) is 0 Å². The van der Waals surface area contributed by atoms with Crippen molar-refractivity contribution in [2.24, 2.45) is 0 Å². The number of halogens is 1. The van der Waals surface area contributed by atoms with E-state index < -0.39 is 30.3 Å². The van der Waals surface area contributed by atoms with E-state index in [2.05, 4.69) is 10.1 Å². The number of methoxy groups -OCH3 is 2. The fourth-order valence-corrected chi connectivity index (χ4v) is 1.37. The third-order valence-corrected chi connectivity index (χ3v) is 2.39. The molecule has 0 aliphatic rings. The zero-order valence-corrected chi connectivity index (χ0v) is 10.5. The van der Waals surface area contributed by atoms with Crippen LogP contribution >= 0.6 is 0 Å². The molecule has 1 amide bonds. The van der Waals surface area contributed by atoms with Gasteiger partial charge >= 0.3 is 5.97 Å². The molecule has 6 nitrogen and oxygen atoms in total. The maximum absolute atomic E-state index is 13.4. The topological polar surface area (TPSA) is 84.9 Å². The fourth-order valence-electron chi connectivity index (χ4n) is 1.37. The Morgan fingerprint density at radius 3 is 2.58 bits per heavy atom. The van der Waals surface area contributed by atoms with Crippen molar-refractivity contribution in [3.63, 3.8) is 0 Å². The highest BCUT2D eigenvalue weighted by Gasteiger charge is 2.21. The first-order valence-electron chi connectivity index (χ1n) is 5.36. The maximum atomic E-state index is 13.4. The van der Waals surface area contributed by atoms with Crippen LogP contribution in [0.3, 0.4) is 0 Å². The summed E-state index contributed by atoms with van der Waals surface area (Å²) >= 11 is 0. The summed E-state index contributed by atoms with van der Waals surface area (Å²) in [4.78, 5) is 22.9. The Morgan fingerprint density at radius 1 is 1.42 bits per heavy atom. The van der Waals surface area contributed by atoms with Gasteiger partial charge in [-0.1, -0.05) is 0 Å². The Labute approximate surface area is 109 Å². The predicted octanol–water partition coefficient (Wildman–Crippen LogP) is 0.0980. The Hall–Kier alpha value is -2.15. The lowest BCUT2D eigenvalue weighted by atomic mass is 10.2. The summed E-state index contributed by atoms with van der Waals surface area (Å²) in [5.41, 5.74) is 0.000605. The van der Waals surface area contributed by atoms with Crippen molar-refractivity contribution in [2.75, 3.05) is 20.8 Å². The summed E-state index contributed by atoms with van der Waals surface area (Å²) in [5, 5.41) is 11.2. The van der Waals surface area contributed by atoms with Gasteiger partial charge in [0, 0.05) is 5.56 Å². The van der Waals surface area contributed by atoms with Crippen LogP contribution in [-0.2, 0) is 9.53 Å². The normalized spacial score (nSPS) is 11.6. The first-order chi connectivity index (χ1) is 9.03. The summed E-state index contributed by atoms with van der Waals surface area (Å²) < 4.78 is 22.5. The van der Waals surface area contributed by atoms with Gasteiger partial charge in [-0.2, -0.15) is 0 Å². The Kier molecular flexibility index (Phi) is 5.25. The molecule has 0 heterocycles. The molecule has 0 bridgehead atoms. The lowest BCUT2D eigenvalue weighted by Crippen LogP contribution is -2.44. The maximum Gasteiger partial charge on any atom is 0.330 e. The van der Waals surface area contributed by atoms with Crippen molar-refractivity contribution in [3.05, 3.63) is 29.6 Å². The second-order valence-electron chi connectivity index (χ2n) is 3.58. The summed E-state index contributed by atoms with van der Waals surface area (Å²) in [7, 11) is 2.43. The van der Waals surface area contributed by atoms with Gasteiger partial charge in [0.25, 0.3) is 5.91 Å². The van der Waals surface area contributed by atoms with E-state index in [1.54, 1.807) is 0 Å². The highest BCUT2D eigenvalue weighted by Crippen LogP contribution is 2.17. The summed E-state index contributed by atoms with van der Waals surface area (Å²) in [6, 6.07) is 2.40. The van der Waals surface area contributed by atoms with Crippen molar-refractivity contribution in [1.82, 2.24) is 5.32 Å². The number of benzene rings is 1. The molecule has 0 saturated heterocycles. The van der Waals surface area contributed by atoms with Gasteiger partial charge < -0.3 is 19.9 Å². The smallest absolute Gasteiger partial charge is 0.330 e. The van der Waals surface area contributed by atoms with Crippen molar-refractivity contribution in [2.45, 2.75) is 6.04 Å². The molecule has 0 aliphatic heterocycles. The molecule has 0 fully saturated rings. The van der Waals surface area contributed by atoms with Gasteiger partial charge in [-0.15, -0.1) is 0 Å². The minimum absolute atomic E-state index is 0.000605. The zero-order valence-electron chi connectivity index (χ0n) is 10.5. The minimum atomic E-state index is -1.19. The number of hydrogen-bond acceptors (Lipinski definition) is 5. The number of ether oxygens (including phenoxy) is 2. The first kappa shape index (κ1) is 14.9. The second-order valence-corrected chi connectivity index (χ2v) is 3.58. The van der Waals surface area contributed by atoms with Gasteiger partial charge in [-0.3, -0.25) is 4.79 Å². The third kappa shape index (κ3) is 3.65. The van der Waals surface area contributed by atoms with Crippen molar-refractivity contribution in [3.8, 4) is 5.75 Å². The van der Waals surface area contributed by atoms with Crippen molar-refractivity contribution < 1.29 is 28.6 Å². The number of carbonyl (C=O) groups excluding carboxylic acids is 2. The number of aliphatic hydroxyl groups is 1. The lowest BCUT2D eigenvalue weighted by Gasteiger charge is -2.14. The molecule has 1 aromatic carbocycles. The van der Waals surface area contributed by atoms with Crippen LogP contribution in [0.4, 0.5) is 4.39 Å². The van der Waals surface area contributed by atoms with Crippen molar-refractivity contribution >= 4 is 11.9 Å². The van der Waals surface area contributed by atoms with Crippen LogP contribution in [0.25, 0.3) is 0 Å². The molecule has 2 N–H and O–H groups in total. The van der Waals surface area contributed by atoms with Crippen LogP contribution < -0.4 is 10.1 Å². The van der Waals surface area contributed by atoms with E-state index in [9.17, 15) is 14.0 Å². The predicted molar refractivity (Wildman–Crippen MR) is 63.3 cm³/mol. The molecule has 0 unspecified atom stereocenters. The van der Waals surface area contributed by atoms with Gasteiger partial charge in [0.15, 0.2) is 17.6 Å². The number of nitrogens with one attached hydrogen (secondary N) is 1. The molecule has 0 aromatic heterocycles. The van der Waals surface area contributed by atoms with Gasteiger partial charge in [-0.05, 0) is 18.2 Å². The first-order valence-corrected chi connectivity index (χ1v) is 5.36. The van der Waals surface area contributed by atoms with E-state index in [0.717, 1.165) is 13.2 Å². The molecular weight excluding hydrogens is 257 g/mol. The third-order valence-electron chi connectivity index (χ3n) is 2.39. The van der Waals surface area contributed by atoms with Crippen LogP contribution in [0.2, 0.25) is 0 Å². The number of amides is 1. The Bertz CT molecular complexity index is 477. The molecule has 1 rings (SSSR count). The molecule has 0 saturated carbocycles. The molecule has 1 aromatic rings. The van der Waals surface area contributed by atoms with Gasteiger partial charge in [0.1, 0.15) is 0 Å². The van der Waals surface area contributed by atoms with Crippen LogP contribution in [0.5, 0.6) is 5.75 Å². The fraction of sp³-hybridized carbons (Fsp3) is 0.333. The quantitative estimate of drug-likeness (QED) is 0.742. The molecule has 1 atom stereocenters. The number of esters is 1. The van der Waals surface area contributed by atoms with Gasteiger partial charge in [0.2, 0.25) is 0 Å². The number of aliphatic hydroxyl groups excluding tert-OH is 1. The average Bonchev–Trinajstić information content (AvgIpc) is 2.43. The Morgan fingerprint density at radius 2 is 2.11 bits per heavy atom. The monoisotopic (exact) mass is 271 g/mol. The molecule has 0 spiro atoms. The number of hydrogen-bond donors (Lipinski definition) is 2. The average molecular weight is 271 g/mol. The van der Waals surface area contributed by atoms with Crippen LogP contribution in [0.1, 0.15) is 10.4 Å². The van der Waals surface area contributed by atoms with Crippen molar-refractivity contribution in [1.29, 1.82) is 0 Å².